The van der Waals surface area contributed by atoms with Crippen molar-refractivity contribution < 1.29 is 9.90 Å². The molecule has 8 heteroatoms. The van der Waals surface area contributed by atoms with Crippen LogP contribution in [0.3, 0.4) is 0 Å². The molecule has 1 aromatic heterocycles. The molecule has 0 aromatic carbocycles. The van der Waals surface area contributed by atoms with Crippen LogP contribution in [-0.2, 0) is 4.79 Å². The van der Waals surface area contributed by atoms with E-state index in [0.29, 0.717) is 10.4 Å². The molecule has 1 saturated heterocycles. The summed E-state index contributed by atoms with van der Waals surface area (Å²) < 4.78 is 0.702. The maximum atomic E-state index is 10.5. The number of rotatable bonds is 6. The molecule has 2 rings (SSSR count). The minimum absolute atomic E-state index is 0.0294. The number of thioether (sulfide) groups is 1. The summed E-state index contributed by atoms with van der Waals surface area (Å²) in [6.07, 6.45) is 2.35. The Balaban J connectivity index is 1.83. The molecule has 2 heterocycles. The number of carboxylic acid groups (broad SMARTS) is 1. The van der Waals surface area contributed by atoms with Gasteiger partial charge in [-0.2, -0.15) is 0 Å². The van der Waals surface area contributed by atoms with Gasteiger partial charge in [0.15, 0.2) is 4.34 Å². The van der Waals surface area contributed by atoms with E-state index in [1.807, 2.05) is 0 Å². The average molecular weight is 302 g/mol. The molecule has 0 saturated carbocycles. The van der Waals surface area contributed by atoms with Crippen molar-refractivity contribution in [3.63, 3.8) is 0 Å². The summed E-state index contributed by atoms with van der Waals surface area (Å²) in [6, 6.07) is 0.416. The summed E-state index contributed by atoms with van der Waals surface area (Å²) >= 11 is 2.64. The minimum Gasteiger partial charge on any atom is -0.481 e. The lowest BCUT2D eigenvalue weighted by Crippen LogP contribution is -2.41. The lowest BCUT2D eigenvalue weighted by Gasteiger charge is -2.31. The molecule has 1 aromatic rings. The smallest absolute Gasteiger partial charge is 0.313 e. The lowest BCUT2D eigenvalue weighted by molar-refractivity contribution is -0.133. The summed E-state index contributed by atoms with van der Waals surface area (Å²) in [7, 11) is 0. The van der Waals surface area contributed by atoms with Gasteiger partial charge >= 0.3 is 5.97 Å². The van der Waals surface area contributed by atoms with Crippen molar-refractivity contribution in [1.82, 2.24) is 15.1 Å². The molecule has 0 bridgehead atoms. The molecular weight excluding hydrogens is 284 g/mol. The number of carboxylic acids is 1. The van der Waals surface area contributed by atoms with Crippen molar-refractivity contribution in [3.8, 4) is 0 Å². The second kappa shape index (κ2) is 7.06. The van der Waals surface area contributed by atoms with Gasteiger partial charge < -0.3 is 15.3 Å². The molecule has 0 spiro atoms. The fourth-order valence-electron chi connectivity index (χ4n) is 2.09. The number of likely N-dealkylation sites (tertiary alicyclic amines) is 1. The molecule has 1 unspecified atom stereocenters. The summed E-state index contributed by atoms with van der Waals surface area (Å²) in [5.41, 5.74) is 0. The highest BCUT2D eigenvalue weighted by Crippen LogP contribution is 2.26. The van der Waals surface area contributed by atoms with E-state index in [0.717, 1.165) is 24.6 Å². The van der Waals surface area contributed by atoms with Crippen LogP contribution < -0.4 is 5.32 Å². The largest absolute Gasteiger partial charge is 0.481 e. The molecule has 1 fully saturated rings. The molecule has 0 aliphatic carbocycles. The van der Waals surface area contributed by atoms with Crippen molar-refractivity contribution in [3.05, 3.63) is 0 Å². The van der Waals surface area contributed by atoms with Crippen molar-refractivity contribution >= 4 is 34.2 Å². The molecule has 0 amide bonds. The number of hydrogen-bond donors (Lipinski definition) is 2. The van der Waals surface area contributed by atoms with E-state index in [9.17, 15) is 4.79 Å². The second-order valence-electron chi connectivity index (χ2n) is 4.43. The zero-order valence-electron chi connectivity index (χ0n) is 10.8. The highest BCUT2D eigenvalue weighted by Gasteiger charge is 2.19. The summed E-state index contributed by atoms with van der Waals surface area (Å²) in [4.78, 5) is 12.9. The number of aromatic nitrogens is 2. The van der Waals surface area contributed by atoms with Crippen LogP contribution >= 0.6 is 23.1 Å². The third kappa shape index (κ3) is 4.63. The predicted molar refractivity (Wildman–Crippen MR) is 77.0 cm³/mol. The Morgan fingerprint density at radius 1 is 1.63 bits per heavy atom. The van der Waals surface area contributed by atoms with Crippen LogP contribution in [0.15, 0.2) is 4.34 Å². The fraction of sp³-hybridized carbons (Fsp3) is 0.727. The molecule has 6 nitrogen and oxygen atoms in total. The van der Waals surface area contributed by atoms with Gasteiger partial charge in [0, 0.05) is 12.6 Å². The Labute approximate surface area is 120 Å². The summed E-state index contributed by atoms with van der Waals surface area (Å²) in [5, 5.41) is 20.8. The van der Waals surface area contributed by atoms with Gasteiger partial charge in [-0.05, 0) is 25.9 Å². The number of likely N-dealkylation sites (N-methyl/N-ethyl adjacent to an activating group) is 1. The van der Waals surface area contributed by atoms with Crippen LogP contribution in [0.2, 0.25) is 0 Å². The number of nitrogens with zero attached hydrogens (tertiary/aromatic N) is 3. The molecule has 1 aliphatic rings. The van der Waals surface area contributed by atoms with Gasteiger partial charge in [-0.3, -0.25) is 4.79 Å². The van der Waals surface area contributed by atoms with Crippen LogP contribution in [0.4, 0.5) is 5.13 Å². The van der Waals surface area contributed by atoms with E-state index >= 15 is 0 Å². The van der Waals surface area contributed by atoms with Crippen LogP contribution in [0.5, 0.6) is 0 Å². The van der Waals surface area contributed by atoms with Crippen LogP contribution in [0.1, 0.15) is 19.8 Å². The van der Waals surface area contributed by atoms with Gasteiger partial charge in [-0.1, -0.05) is 30.0 Å². The first-order valence-corrected chi connectivity index (χ1v) is 8.14. The van der Waals surface area contributed by atoms with Gasteiger partial charge in [-0.15, -0.1) is 10.2 Å². The summed E-state index contributed by atoms with van der Waals surface area (Å²) in [5.74, 6) is -0.803. The van der Waals surface area contributed by atoms with Gasteiger partial charge in [0.2, 0.25) is 5.13 Å². The first kappa shape index (κ1) is 14.5. The standard InChI is InChI=1S/C11H18N4O2S2/c1-2-15-5-3-4-8(6-15)12-10-13-14-11(19-10)18-7-9(16)17/h8H,2-7H2,1H3,(H,12,13)(H,16,17). The molecule has 0 radical (unpaired) electrons. The third-order valence-corrected chi connectivity index (χ3v) is 4.98. The molecular formula is C11H18N4O2S2. The van der Waals surface area contributed by atoms with E-state index in [2.05, 4.69) is 27.3 Å². The van der Waals surface area contributed by atoms with Crippen LogP contribution in [0.25, 0.3) is 0 Å². The van der Waals surface area contributed by atoms with Gasteiger partial charge in [0.05, 0.1) is 5.75 Å². The van der Waals surface area contributed by atoms with E-state index < -0.39 is 5.97 Å². The van der Waals surface area contributed by atoms with E-state index in [4.69, 9.17) is 5.11 Å². The first-order chi connectivity index (χ1) is 9.17. The Kier molecular flexibility index (Phi) is 5.41. The van der Waals surface area contributed by atoms with Gasteiger partial charge in [0.1, 0.15) is 0 Å². The first-order valence-electron chi connectivity index (χ1n) is 6.34. The SMILES string of the molecule is CCN1CCCC(Nc2nnc(SCC(=O)O)s2)C1. The Bertz CT molecular complexity index is 427. The number of carbonyl (C=O) groups is 1. The molecule has 1 aliphatic heterocycles. The number of piperidine rings is 1. The monoisotopic (exact) mass is 302 g/mol. The Hall–Kier alpha value is -0.860. The number of anilines is 1. The van der Waals surface area contributed by atoms with Crippen LogP contribution in [-0.4, -0.2) is 57.6 Å². The number of hydrogen-bond acceptors (Lipinski definition) is 7. The maximum Gasteiger partial charge on any atom is 0.313 e. The Morgan fingerprint density at radius 2 is 2.47 bits per heavy atom. The van der Waals surface area contributed by atoms with Crippen molar-refractivity contribution in [2.75, 3.05) is 30.7 Å². The van der Waals surface area contributed by atoms with E-state index in [1.165, 1.54) is 36.1 Å². The third-order valence-electron chi connectivity index (χ3n) is 3.01. The quantitative estimate of drug-likeness (QED) is 0.773. The van der Waals surface area contributed by atoms with Crippen molar-refractivity contribution in [2.45, 2.75) is 30.1 Å². The maximum absolute atomic E-state index is 10.5. The highest BCUT2D eigenvalue weighted by molar-refractivity contribution is 8.01. The Morgan fingerprint density at radius 3 is 3.21 bits per heavy atom. The predicted octanol–water partition coefficient (Wildman–Crippen LogP) is 1.61. The molecule has 106 valence electrons. The van der Waals surface area contributed by atoms with Gasteiger partial charge in [0.25, 0.3) is 0 Å². The zero-order valence-corrected chi connectivity index (χ0v) is 12.5. The lowest BCUT2D eigenvalue weighted by atomic mass is 10.1. The number of nitrogens with one attached hydrogen (secondary N) is 1. The topological polar surface area (TPSA) is 78.3 Å². The fourth-order valence-corrected chi connectivity index (χ4v) is 3.63. The average Bonchev–Trinajstić information content (AvgIpc) is 2.84. The molecule has 2 N–H and O–H groups in total. The molecule has 1 atom stereocenters. The minimum atomic E-state index is -0.833. The van der Waals surface area contributed by atoms with Crippen molar-refractivity contribution in [1.29, 1.82) is 0 Å². The normalized spacial score (nSPS) is 20.4. The molecule has 19 heavy (non-hydrogen) atoms. The van der Waals surface area contributed by atoms with E-state index in [-0.39, 0.29) is 5.75 Å². The van der Waals surface area contributed by atoms with Crippen molar-refractivity contribution in [2.24, 2.45) is 0 Å². The zero-order chi connectivity index (χ0) is 13.7. The van der Waals surface area contributed by atoms with Crippen LogP contribution in [0, 0.1) is 0 Å². The van der Waals surface area contributed by atoms with E-state index in [1.54, 1.807) is 0 Å². The van der Waals surface area contributed by atoms with Gasteiger partial charge in [-0.25, -0.2) is 0 Å². The number of aliphatic carboxylic acids is 1. The summed E-state index contributed by atoms with van der Waals surface area (Å²) in [6.45, 7) is 5.46. The second-order valence-corrected chi connectivity index (χ2v) is 6.63. The highest BCUT2D eigenvalue weighted by atomic mass is 32.2.